The first-order valence-corrected chi connectivity index (χ1v) is 13.2. The summed E-state index contributed by atoms with van der Waals surface area (Å²) in [7, 11) is 3.80. The molecule has 1 N–H and O–H groups in total. The van der Waals surface area contributed by atoms with Crippen molar-refractivity contribution in [2.45, 2.75) is 13.5 Å². The van der Waals surface area contributed by atoms with Crippen molar-refractivity contribution in [2.24, 2.45) is 4.99 Å². The molecule has 0 saturated heterocycles. The number of alkyl halides is 2. The number of halogens is 2. The highest BCUT2D eigenvalue weighted by atomic mass is 32.2. The average molecular weight is 540 g/mol. The van der Waals surface area contributed by atoms with Gasteiger partial charge in [-0.2, -0.15) is 20.5 Å². The Morgan fingerprint density at radius 1 is 1.18 bits per heavy atom. The van der Waals surface area contributed by atoms with Crippen molar-refractivity contribution < 1.29 is 18.6 Å². The van der Waals surface area contributed by atoms with Crippen LogP contribution in [-0.2, 0) is 0 Å². The van der Waals surface area contributed by atoms with Gasteiger partial charge >= 0.3 is 6.61 Å². The molecule has 200 valence electrons. The lowest BCUT2D eigenvalue weighted by molar-refractivity contribution is -0.213. The van der Waals surface area contributed by atoms with Gasteiger partial charge in [0.05, 0.1) is 11.9 Å². The predicted molar refractivity (Wildman–Crippen MR) is 147 cm³/mol. The van der Waals surface area contributed by atoms with Gasteiger partial charge in [0.25, 0.3) is 0 Å². The van der Waals surface area contributed by atoms with Gasteiger partial charge in [-0.05, 0) is 67.4 Å². The minimum absolute atomic E-state index is 0.0909. The number of anilines is 2. The molecule has 0 amide bonds. The lowest BCUT2D eigenvalue weighted by Gasteiger charge is -2.21. The zero-order chi connectivity index (χ0) is 27.1. The third kappa shape index (κ3) is 6.40. The molecule has 0 atom stereocenters. The van der Waals surface area contributed by atoms with Gasteiger partial charge in [0.15, 0.2) is 11.5 Å². The summed E-state index contributed by atoms with van der Waals surface area (Å²) in [5.74, 6) is 2.30. The molecule has 11 heteroatoms. The van der Waals surface area contributed by atoms with Gasteiger partial charge < -0.3 is 20.1 Å². The fourth-order valence-corrected chi connectivity index (χ4v) is 4.73. The maximum atomic E-state index is 12.6. The van der Waals surface area contributed by atoms with Crippen molar-refractivity contribution in [1.82, 2.24) is 19.7 Å². The van der Waals surface area contributed by atoms with Crippen LogP contribution in [0.25, 0.3) is 16.9 Å². The number of benzene rings is 2. The Kier molecular flexibility index (Phi) is 9.14. The molecule has 0 radical (unpaired) electrons. The first-order chi connectivity index (χ1) is 18.4. The van der Waals surface area contributed by atoms with Crippen molar-refractivity contribution in [3.8, 4) is 17.0 Å². The summed E-state index contributed by atoms with van der Waals surface area (Å²) in [6, 6.07) is 12.0. The molecule has 2 aromatic carbocycles. The third-order valence-corrected chi connectivity index (χ3v) is 6.88. The quantitative estimate of drug-likeness (QED) is 0.164. The van der Waals surface area contributed by atoms with E-state index in [2.05, 4.69) is 25.0 Å². The highest BCUT2D eigenvalue weighted by Crippen LogP contribution is 2.30. The maximum absolute atomic E-state index is 12.6. The summed E-state index contributed by atoms with van der Waals surface area (Å²) < 4.78 is 31.3. The first kappa shape index (κ1) is 27.3. The monoisotopic (exact) mass is 539 g/mol. The Labute approximate surface area is 224 Å². The number of ether oxygens (including phenoxy) is 1. The van der Waals surface area contributed by atoms with Gasteiger partial charge in [0.1, 0.15) is 5.75 Å². The molecule has 0 spiro atoms. The molecule has 0 bridgehead atoms. The van der Waals surface area contributed by atoms with Crippen LogP contribution in [0.4, 0.5) is 20.3 Å². The van der Waals surface area contributed by atoms with E-state index in [-0.39, 0.29) is 11.6 Å². The number of rotatable bonds is 12. The van der Waals surface area contributed by atoms with Crippen LogP contribution in [0, 0.1) is 6.92 Å². The second-order valence-electron chi connectivity index (χ2n) is 8.45. The number of nitrogens with one attached hydrogen (secondary N) is 1. The molecule has 8 nitrogen and oxygen atoms in total. The zero-order valence-electron chi connectivity index (χ0n) is 21.4. The van der Waals surface area contributed by atoms with Gasteiger partial charge in [-0.3, -0.25) is 9.39 Å². The smallest absolute Gasteiger partial charge is 0.387 e. The summed E-state index contributed by atoms with van der Waals surface area (Å²) in [5.41, 5.74) is 4.45. The number of nitrogens with zero attached hydrogens (tertiary/aromatic N) is 5. The Morgan fingerprint density at radius 2 is 1.97 bits per heavy atom. The fourth-order valence-electron chi connectivity index (χ4n) is 3.95. The van der Waals surface area contributed by atoms with Gasteiger partial charge in [-0.25, -0.2) is 9.97 Å². The van der Waals surface area contributed by atoms with Crippen LogP contribution in [0.2, 0.25) is 0 Å². The standard InChI is InChI=1S/C27H30F2N6O2S/c1-18-16-20(6-9-22(18)26(36)32-12-15-38-14-11-30-2)34(3)24-25-33-17-23(35(25)13-10-31-24)19-4-7-21(8-5-19)37-27(28)29/h4-10,13,16-17,27,30H,11-12,14-15H2,1-3H3,(H,32,36)/p-1. The molecule has 0 unspecified atom stereocenters. The van der Waals surface area contributed by atoms with Crippen LogP contribution in [0.3, 0.4) is 0 Å². The van der Waals surface area contributed by atoms with E-state index in [1.807, 2.05) is 42.5 Å². The molecule has 4 aromatic rings. The topological polar surface area (TPSA) is 90.1 Å². The summed E-state index contributed by atoms with van der Waals surface area (Å²) in [5, 5.41) is 15.7. The lowest BCUT2D eigenvalue weighted by atomic mass is 10.1. The van der Waals surface area contributed by atoms with Gasteiger partial charge in [0, 0.05) is 55.3 Å². The molecule has 0 aliphatic rings. The van der Waals surface area contributed by atoms with Gasteiger partial charge in [-0.15, -0.1) is 0 Å². The molecular formula is C27H29F2N6O2S-. The Hall–Kier alpha value is -3.70. The average Bonchev–Trinajstić information content (AvgIpc) is 3.34. The van der Waals surface area contributed by atoms with Crippen LogP contribution >= 0.6 is 11.8 Å². The van der Waals surface area contributed by atoms with Crippen molar-refractivity contribution in [2.75, 3.05) is 43.6 Å². The molecule has 2 aromatic heterocycles. The number of hydrogen-bond donors (Lipinski definition) is 1. The summed E-state index contributed by atoms with van der Waals surface area (Å²) in [6.45, 7) is 0.444. The minimum Gasteiger partial charge on any atom is -0.858 e. The molecule has 0 aliphatic carbocycles. The Morgan fingerprint density at radius 3 is 2.68 bits per heavy atom. The second-order valence-corrected chi connectivity index (χ2v) is 9.68. The van der Waals surface area contributed by atoms with Crippen LogP contribution in [0.1, 0.15) is 11.1 Å². The number of thioether (sulfide) groups is 1. The Bertz CT molecular complexity index is 1390. The molecule has 0 fully saturated rings. The number of imidazole rings is 1. The van der Waals surface area contributed by atoms with E-state index < -0.39 is 6.61 Å². The Balaban J connectivity index is 1.53. The van der Waals surface area contributed by atoms with Crippen molar-refractivity contribution in [3.63, 3.8) is 0 Å². The number of aliphatic imine (C=N–C) groups is 1. The molecule has 38 heavy (non-hydrogen) atoms. The van der Waals surface area contributed by atoms with E-state index in [1.54, 1.807) is 48.6 Å². The third-order valence-electron chi connectivity index (χ3n) is 5.92. The van der Waals surface area contributed by atoms with Crippen LogP contribution in [-0.4, -0.2) is 65.6 Å². The first-order valence-electron chi connectivity index (χ1n) is 12.0. The summed E-state index contributed by atoms with van der Waals surface area (Å²) >= 11 is 1.76. The van der Waals surface area contributed by atoms with Crippen LogP contribution < -0.4 is 20.1 Å². The maximum Gasteiger partial charge on any atom is 0.387 e. The normalized spacial score (nSPS) is 11.9. The molecule has 0 saturated carbocycles. The van der Waals surface area contributed by atoms with Crippen molar-refractivity contribution >= 4 is 34.8 Å². The number of aromatic nitrogens is 3. The van der Waals surface area contributed by atoms with E-state index in [9.17, 15) is 13.9 Å². The highest BCUT2D eigenvalue weighted by molar-refractivity contribution is 7.99. The van der Waals surface area contributed by atoms with Gasteiger partial charge in [0.2, 0.25) is 0 Å². The van der Waals surface area contributed by atoms with E-state index in [4.69, 9.17) is 0 Å². The highest BCUT2D eigenvalue weighted by Gasteiger charge is 2.16. The molecule has 4 rings (SSSR count). The zero-order valence-corrected chi connectivity index (χ0v) is 22.2. The van der Waals surface area contributed by atoms with E-state index in [1.165, 1.54) is 12.1 Å². The van der Waals surface area contributed by atoms with Crippen LogP contribution in [0.5, 0.6) is 5.75 Å². The molecular weight excluding hydrogens is 510 g/mol. The fraction of sp³-hybridized carbons (Fsp3) is 0.296. The van der Waals surface area contributed by atoms with Crippen molar-refractivity contribution in [1.29, 1.82) is 0 Å². The van der Waals surface area contributed by atoms with E-state index in [0.29, 0.717) is 23.6 Å². The number of hydrogen-bond acceptors (Lipinski definition) is 8. The predicted octanol–water partition coefficient (Wildman–Crippen LogP) is 4.13. The van der Waals surface area contributed by atoms with E-state index in [0.717, 1.165) is 40.6 Å². The summed E-state index contributed by atoms with van der Waals surface area (Å²) in [6.07, 6.45) is 5.18. The SMILES string of the molecule is CNCCSCCN=C([O-])c1ccc(N(C)c2nccn3c(-c4ccc(OC(F)F)cc4)cnc23)cc1C. The second kappa shape index (κ2) is 12.7. The lowest BCUT2D eigenvalue weighted by Crippen LogP contribution is -2.21. The van der Waals surface area contributed by atoms with Crippen LogP contribution in [0.15, 0.2) is 66.0 Å². The van der Waals surface area contributed by atoms with Crippen molar-refractivity contribution in [3.05, 3.63) is 72.2 Å². The number of aryl methyl sites for hydroxylation is 1. The molecule has 0 aliphatic heterocycles. The minimum atomic E-state index is -2.87. The summed E-state index contributed by atoms with van der Waals surface area (Å²) in [4.78, 5) is 15.2. The molecule has 2 heterocycles. The van der Waals surface area contributed by atoms with Gasteiger partial charge in [-0.1, -0.05) is 6.07 Å². The number of fused-ring (bicyclic) bond motifs is 1. The van der Waals surface area contributed by atoms with E-state index >= 15 is 0 Å². The largest absolute Gasteiger partial charge is 0.858 e.